The number of likely N-dealkylation sites (tertiary alicyclic amines) is 1. The zero-order valence-corrected chi connectivity index (χ0v) is 19.2. The van der Waals surface area contributed by atoms with Gasteiger partial charge in [0.05, 0.1) is 0 Å². The van der Waals surface area contributed by atoms with Crippen LogP contribution in [0.1, 0.15) is 66.8 Å². The van der Waals surface area contributed by atoms with Gasteiger partial charge in [0.25, 0.3) is 11.8 Å². The van der Waals surface area contributed by atoms with E-state index in [1.807, 2.05) is 39.9 Å². The molecule has 7 heteroatoms. The Labute approximate surface area is 192 Å². The quantitative estimate of drug-likeness (QED) is 0.640. The van der Waals surface area contributed by atoms with Crippen molar-refractivity contribution in [3.8, 4) is 5.75 Å². The molecule has 2 heterocycles. The van der Waals surface area contributed by atoms with Gasteiger partial charge < -0.3 is 15.0 Å². The molecular weight excluding hydrogens is 432 g/mol. The third kappa shape index (κ3) is 5.80. The van der Waals surface area contributed by atoms with Crippen molar-refractivity contribution in [2.24, 2.45) is 0 Å². The molecule has 2 aromatic rings. The van der Waals surface area contributed by atoms with Gasteiger partial charge in [-0.1, -0.05) is 30.9 Å². The maximum atomic E-state index is 12.7. The Hall–Kier alpha value is -2.05. The number of amides is 2. The number of carbonyl (C=O) groups is 2. The summed E-state index contributed by atoms with van der Waals surface area (Å²) in [4.78, 5) is 26.8. The van der Waals surface area contributed by atoms with Gasteiger partial charge in [-0.2, -0.15) is 11.3 Å². The number of nitrogens with zero attached hydrogens (tertiary/aromatic N) is 1. The summed E-state index contributed by atoms with van der Waals surface area (Å²) in [6.07, 6.45) is 7.56. The van der Waals surface area contributed by atoms with E-state index in [1.54, 1.807) is 0 Å². The third-order valence-electron chi connectivity index (χ3n) is 6.33. The summed E-state index contributed by atoms with van der Waals surface area (Å²) in [5.74, 6) is 1.20. The minimum atomic E-state index is -0.0349. The lowest BCUT2D eigenvalue weighted by molar-refractivity contribution is -0.134. The second-order valence-corrected chi connectivity index (χ2v) is 9.66. The molecule has 0 atom stereocenters. The highest BCUT2D eigenvalue weighted by molar-refractivity contribution is 7.08. The number of ether oxygens (including phenoxy) is 1. The van der Waals surface area contributed by atoms with Crippen molar-refractivity contribution in [2.45, 2.75) is 56.9 Å². The van der Waals surface area contributed by atoms with Crippen molar-refractivity contribution in [2.75, 3.05) is 19.7 Å². The van der Waals surface area contributed by atoms with Crippen LogP contribution in [0.25, 0.3) is 0 Å². The number of benzene rings is 1. The van der Waals surface area contributed by atoms with Crippen LogP contribution < -0.4 is 10.1 Å². The first-order valence-corrected chi connectivity index (χ1v) is 12.5. The predicted octanol–water partition coefficient (Wildman–Crippen LogP) is 5.25. The van der Waals surface area contributed by atoms with Crippen molar-refractivity contribution in [3.63, 3.8) is 0 Å². The SMILES string of the molecule is O=C(NC1CCN(C(=O)COc2ccc(Cl)cc2C2CCCCC2)CC1)c1ccsc1. The third-order valence-corrected chi connectivity index (χ3v) is 7.25. The van der Waals surface area contributed by atoms with E-state index in [4.69, 9.17) is 16.3 Å². The number of thiophene rings is 1. The second kappa shape index (κ2) is 10.5. The summed E-state index contributed by atoms with van der Waals surface area (Å²) >= 11 is 7.76. The van der Waals surface area contributed by atoms with Crippen LogP contribution in [0.3, 0.4) is 0 Å². The molecule has 1 N–H and O–H groups in total. The highest BCUT2D eigenvalue weighted by Crippen LogP contribution is 2.38. The summed E-state index contributed by atoms with van der Waals surface area (Å²) < 4.78 is 5.98. The van der Waals surface area contributed by atoms with E-state index in [0.29, 0.717) is 29.6 Å². The van der Waals surface area contributed by atoms with Crippen LogP contribution in [-0.4, -0.2) is 42.5 Å². The largest absolute Gasteiger partial charge is 0.483 e. The zero-order chi connectivity index (χ0) is 21.6. The van der Waals surface area contributed by atoms with Gasteiger partial charge in [0.1, 0.15) is 5.75 Å². The number of rotatable bonds is 6. The molecule has 2 fully saturated rings. The van der Waals surface area contributed by atoms with E-state index >= 15 is 0 Å². The van der Waals surface area contributed by atoms with E-state index in [2.05, 4.69) is 5.32 Å². The lowest BCUT2D eigenvalue weighted by Crippen LogP contribution is -2.47. The molecule has 1 saturated heterocycles. The lowest BCUT2D eigenvalue weighted by Gasteiger charge is -2.32. The van der Waals surface area contributed by atoms with Gasteiger partial charge in [0.15, 0.2) is 6.61 Å². The number of piperidine rings is 1. The van der Waals surface area contributed by atoms with Gasteiger partial charge in [0, 0.05) is 35.1 Å². The molecule has 0 bridgehead atoms. The molecule has 166 valence electrons. The van der Waals surface area contributed by atoms with Crippen molar-refractivity contribution in [3.05, 3.63) is 51.2 Å². The van der Waals surface area contributed by atoms with Crippen LogP contribution in [-0.2, 0) is 4.79 Å². The smallest absolute Gasteiger partial charge is 0.260 e. The molecule has 1 saturated carbocycles. The number of hydrogen-bond donors (Lipinski definition) is 1. The average Bonchev–Trinajstić information content (AvgIpc) is 3.34. The molecule has 1 aliphatic carbocycles. The Morgan fingerprint density at radius 3 is 2.58 bits per heavy atom. The van der Waals surface area contributed by atoms with Gasteiger partial charge in [-0.05, 0) is 66.8 Å². The van der Waals surface area contributed by atoms with Crippen molar-refractivity contribution >= 4 is 34.8 Å². The second-order valence-electron chi connectivity index (χ2n) is 8.45. The number of nitrogens with one attached hydrogen (secondary N) is 1. The van der Waals surface area contributed by atoms with E-state index in [1.165, 1.54) is 30.6 Å². The Morgan fingerprint density at radius 2 is 1.87 bits per heavy atom. The van der Waals surface area contributed by atoms with Crippen LogP contribution in [0.15, 0.2) is 35.0 Å². The standard InChI is InChI=1S/C24H29ClN2O3S/c25-19-6-7-22(21(14-19)17-4-2-1-3-5-17)30-15-23(28)27-11-8-20(9-12-27)26-24(29)18-10-13-31-16-18/h6-7,10,13-14,16-17,20H,1-5,8-9,11-12,15H2,(H,26,29). The van der Waals surface area contributed by atoms with Gasteiger partial charge in [0.2, 0.25) is 0 Å². The van der Waals surface area contributed by atoms with Crippen molar-refractivity contribution in [1.29, 1.82) is 0 Å². The molecule has 4 rings (SSSR count). The first kappa shape index (κ1) is 22.2. The molecule has 0 unspecified atom stereocenters. The maximum absolute atomic E-state index is 12.7. The molecule has 1 aromatic heterocycles. The lowest BCUT2D eigenvalue weighted by atomic mass is 9.84. The molecule has 2 aliphatic rings. The molecule has 31 heavy (non-hydrogen) atoms. The molecule has 2 amide bonds. The van der Waals surface area contributed by atoms with E-state index < -0.39 is 0 Å². The summed E-state index contributed by atoms with van der Waals surface area (Å²) in [5.41, 5.74) is 1.84. The zero-order valence-electron chi connectivity index (χ0n) is 17.6. The summed E-state index contributed by atoms with van der Waals surface area (Å²) in [7, 11) is 0. The highest BCUT2D eigenvalue weighted by atomic mass is 35.5. The molecule has 0 radical (unpaired) electrons. The predicted molar refractivity (Wildman–Crippen MR) is 124 cm³/mol. The first-order valence-electron chi connectivity index (χ1n) is 11.1. The number of carbonyl (C=O) groups excluding carboxylic acids is 2. The Morgan fingerprint density at radius 1 is 1.10 bits per heavy atom. The van der Waals surface area contributed by atoms with Gasteiger partial charge in [-0.3, -0.25) is 9.59 Å². The normalized spacial score (nSPS) is 18.0. The average molecular weight is 461 g/mol. The van der Waals surface area contributed by atoms with Gasteiger partial charge >= 0.3 is 0 Å². The fourth-order valence-corrected chi connectivity index (χ4v) is 5.37. The van der Waals surface area contributed by atoms with Crippen LogP contribution in [0.2, 0.25) is 5.02 Å². The van der Waals surface area contributed by atoms with Gasteiger partial charge in [-0.15, -0.1) is 0 Å². The summed E-state index contributed by atoms with van der Waals surface area (Å²) in [5, 5.41) is 7.54. The van der Waals surface area contributed by atoms with Crippen LogP contribution in [0, 0.1) is 0 Å². The van der Waals surface area contributed by atoms with Crippen LogP contribution in [0.4, 0.5) is 0 Å². The molecule has 1 aliphatic heterocycles. The fourth-order valence-electron chi connectivity index (χ4n) is 4.55. The van der Waals surface area contributed by atoms with E-state index in [-0.39, 0.29) is 24.5 Å². The van der Waals surface area contributed by atoms with E-state index in [0.717, 1.165) is 37.0 Å². The molecule has 1 aromatic carbocycles. The Kier molecular flexibility index (Phi) is 7.51. The monoisotopic (exact) mass is 460 g/mol. The van der Waals surface area contributed by atoms with Gasteiger partial charge in [-0.25, -0.2) is 0 Å². The summed E-state index contributed by atoms with van der Waals surface area (Å²) in [6, 6.07) is 7.65. The number of halogens is 1. The van der Waals surface area contributed by atoms with Crippen LogP contribution in [0.5, 0.6) is 5.75 Å². The topological polar surface area (TPSA) is 58.6 Å². The van der Waals surface area contributed by atoms with E-state index in [9.17, 15) is 9.59 Å². The molecule has 5 nitrogen and oxygen atoms in total. The fraction of sp³-hybridized carbons (Fsp3) is 0.500. The van der Waals surface area contributed by atoms with Crippen LogP contribution >= 0.6 is 22.9 Å². The molecule has 0 spiro atoms. The minimum Gasteiger partial charge on any atom is -0.483 e. The Balaban J connectivity index is 1.27. The Bertz CT molecular complexity index is 888. The first-order chi connectivity index (χ1) is 15.1. The number of hydrogen-bond acceptors (Lipinski definition) is 4. The summed E-state index contributed by atoms with van der Waals surface area (Å²) in [6.45, 7) is 1.30. The molecular formula is C24H29ClN2O3S. The maximum Gasteiger partial charge on any atom is 0.260 e. The van der Waals surface area contributed by atoms with Crippen molar-refractivity contribution < 1.29 is 14.3 Å². The minimum absolute atomic E-state index is 0.00726. The highest BCUT2D eigenvalue weighted by Gasteiger charge is 2.25. The van der Waals surface area contributed by atoms with Crippen molar-refractivity contribution in [1.82, 2.24) is 10.2 Å².